The van der Waals surface area contributed by atoms with Gasteiger partial charge in [0, 0.05) is 20.5 Å². The zero-order chi connectivity index (χ0) is 21.2. The van der Waals surface area contributed by atoms with Crippen LogP contribution in [0.2, 0.25) is 0 Å². The minimum Gasteiger partial charge on any atom is -0.505 e. The van der Waals surface area contributed by atoms with Gasteiger partial charge in [0.15, 0.2) is 29.1 Å². The Hall–Kier alpha value is -3.03. The van der Waals surface area contributed by atoms with E-state index in [1.54, 1.807) is 31.1 Å². The quantitative estimate of drug-likeness (QED) is 0.683. The first-order valence-corrected chi connectivity index (χ1v) is 9.59. The summed E-state index contributed by atoms with van der Waals surface area (Å²) in [7, 11) is 3.46. The fraction of sp³-hybridized carbons (Fsp3) is 0.476. The largest absolute Gasteiger partial charge is 0.505 e. The Kier molecular flexibility index (Phi) is 4.33. The van der Waals surface area contributed by atoms with Crippen LogP contribution in [0.25, 0.3) is 0 Å². The van der Waals surface area contributed by atoms with E-state index in [2.05, 4.69) is 0 Å². The lowest BCUT2D eigenvalue weighted by Gasteiger charge is -2.44. The summed E-state index contributed by atoms with van der Waals surface area (Å²) in [6.45, 7) is 0. The summed E-state index contributed by atoms with van der Waals surface area (Å²) < 4.78 is 0. The van der Waals surface area contributed by atoms with E-state index in [4.69, 9.17) is 5.73 Å². The molecule has 1 aromatic carbocycles. The molecule has 1 aromatic rings. The molecule has 3 aliphatic rings. The molecule has 2 fully saturated rings. The second-order valence-electron chi connectivity index (χ2n) is 8.45. The molecule has 2 saturated carbocycles. The minimum absolute atomic E-state index is 0.0646. The lowest BCUT2D eigenvalue weighted by atomic mass is 9.56. The van der Waals surface area contributed by atoms with Crippen LogP contribution in [0.1, 0.15) is 28.8 Å². The molecule has 3 aliphatic carbocycles. The molecule has 5 atom stereocenters. The highest BCUT2D eigenvalue weighted by Gasteiger charge is 2.57. The van der Waals surface area contributed by atoms with Crippen molar-refractivity contribution in [2.75, 3.05) is 19.0 Å². The Labute approximate surface area is 167 Å². The number of phenols is 1. The van der Waals surface area contributed by atoms with Crippen molar-refractivity contribution >= 4 is 34.7 Å². The number of fused-ring (bicyclic) bond motifs is 3. The fourth-order valence-corrected chi connectivity index (χ4v) is 5.32. The first-order chi connectivity index (χ1) is 13.6. The van der Waals surface area contributed by atoms with Gasteiger partial charge in [0.05, 0.1) is 23.1 Å². The van der Waals surface area contributed by atoms with Crippen molar-refractivity contribution in [1.82, 2.24) is 0 Å². The van der Waals surface area contributed by atoms with E-state index in [1.807, 2.05) is 0 Å². The van der Waals surface area contributed by atoms with Crippen LogP contribution in [-0.4, -0.2) is 48.2 Å². The van der Waals surface area contributed by atoms with Gasteiger partial charge < -0.3 is 15.7 Å². The Morgan fingerprint density at radius 2 is 1.69 bits per heavy atom. The van der Waals surface area contributed by atoms with E-state index in [0.717, 1.165) is 0 Å². The maximum absolute atomic E-state index is 13.2. The lowest BCUT2D eigenvalue weighted by molar-refractivity contribution is -0.152. The molecule has 0 aliphatic heterocycles. The van der Waals surface area contributed by atoms with Crippen LogP contribution in [0.4, 0.5) is 5.69 Å². The van der Waals surface area contributed by atoms with E-state index >= 15 is 0 Å². The standard InChI is InChI=1S/C21H22N2O6/c1-23(2)11-4-3-8-5-9-6-10-7-12(24)16(21(22)29)20(28)15(10)19(27)14(9)18(26)13(8)17(11)25/h3-4,9-10,14-16,25H,5-7H2,1-2H3,(H2,22,29). The number of phenolic OH excluding ortho intramolecular Hbond substituents is 1. The third kappa shape index (κ3) is 2.69. The van der Waals surface area contributed by atoms with Gasteiger partial charge in [0.1, 0.15) is 5.75 Å². The number of hydrogen-bond donors (Lipinski definition) is 2. The van der Waals surface area contributed by atoms with Crippen LogP contribution in [0.15, 0.2) is 12.1 Å². The van der Waals surface area contributed by atoms with Crippen LogP contribution in [0, 0.1) is 29.6 Å². The van der Waals surface area contributed by atoms with E-state index in [0.29, 0.717) is 24.1 Å². The van der Waals surface area contributed by atoms with E-state index in [1.165, 1.54) is 0 Å². The van der Waals surface area contributed by atoms with Crippen molar-refractivity contribution in [3.63, 3.8) is 0 Å². The van der Waals surface area contributed by atoms with Crippen molar-refractivity contribution in [2.24, 2.45) is 35.3 Å². The maximum Gasteiger partial charge on any atom is 0.235 e. The number of Topliss-reactive ketones (excluding diaryl/α,β-unsaturated/α-hetero) is 4. The molecule has 29 heavy (non-hydrogen) atoms. The van der Waals surface area contributed by atoms with Crippen LogP contribution >= 0.6 is 0 Å². The molecule has 0 aromatic heterocycles. The number of anilines is 1. The first-order valence-electron chi connectivity index (χ1n) is 9.59. The molecular formula is C21H22N2O6. The molecule has 0 radical (unpaired) electrons. The zero-order valence-corrected chi connectivity index (χ0v) is 16.2. The second-order valence-corrected chi connectivity index (χ2v) is 8.45. The third-order valence-corrected chi connectivity index (χ3v) is 6.56. The van der Waals surface area contributed by atoms with E-state index in [9.17, 15) is 29.1 Å². The molecule has 3 N–H and O–H groups in total. The number of carbonyl (C=O) groups excluding carboxylic acids is 5. The molecule has 0 heterocycles. The molecule has 1 amide bonds. The smallest absolute Gasteiger partial charge is 0.235 e. The van der Waals surface area contributed by atoms with Crippen LogP contribution in [0.5, 0.6) is 5.75 Å². The van der Waals surface area contributed by atoms with Gasteiger partial charge in [-0.2, -0.15) is 0 Å². The molecule has 0 spiro atoms. The normalized spacial score (nSPS) is 31.0. The number of rotatable bonds is 2. The van der Waals surface area contributed by atoms with Crippen LogP contribution in [-0.2, 0) is 25.6 Å². The lowest BCUT2D eigenvalue weighted by Crippen LogP contribution is -2.56. The number of ketones is 4. The Balaban J connectivity index is 1.75. The topological polar surface area (TPSA) is 135 Å². The molecule has 8 heteroatoms. The summed E-state index contributed by atoms with van der Waals surface area (Å²) in [6, 6.07) is 3.50. The number of nitrogens with two attached hydrogens (primary N) is 1. The molecule has 0 saturated heterocycles. The van der Waals surface area contributed by atoms with Gasteiger partial charge in [0.25, 0.3) is 0 Å². The summed E-state index contributed by atoms with van der Waals surface area (Å²) in [5, 5.41) is 10.6. The van der Waals surface area contributed by atoms with Crippen molar-refractivity contribution in [3.8, 4) is 5.75 Å². The average molecular weight is 398 g/mol. The number of amides is 1. The monoisotopic (exact) mass is 398 g/mol. The van der Waals surface area contributed by atoms with E-state index in [-0.39, 0.29) is 23.7 Å². The van der Waals surface area contributed by atoms with Crippen LogP contribution in [0.3, 0.4) is 0 Å². The van der Waals surface area contributed by atoms with Crippen molar-refractivity contribution in [3.05, 3.63) is 23.3 Å². The van der Waals surface area contributed by atoms with Gasteiger partial charge in [-0.3, -0.25) is 24.0 Å². The van der Waals surface area contributed by atoms with Crippen molar-refractivity contribution in [2.45, 2.75) is 19.3 Å². The predicted octanol–water partition coefficient (Wildman–Crippen LogP) is 0.278. The van der Waals surface area contributed by atoms with Gasteiger partial charge in [-0.1, -0.05) is 6.07 Å². The number of primary amides is 1. The molecule has 152 valence electrons. The van der Waals surface area contributed by atoms with Crippen molar-refractivity contribution < 1.29 is 29.1 Å². The summed E-state index contributed by atoms with van der Waals surface area (Å²) >= 11 is 0. The number of hydrogen-bond acceptors (Lipinski definition) is 7. The summed E-state index contributed by atoms with van der Waals surface area (Å²) in [6.07, 6.45) is 0.708. The Bertz CT molecular complexity index is 982. The Morgan fingerprint density at radius 3 is 2.31 bits per heavy atom. The third-order valence-electron chi connectivity index (χ3n) is 6.56. The average Bonchev–Trinajstić information content (AvgIpc) is 2.60. The summed E-state index contributed by atoms with van der Waals surface area (Å²) in [5.74, 6) is -8.31. The zero-order valence-electron chi connectivity index (χ0n) is 16.2. The SMILES string of the molecule is CN(C)c1ccc2c(c1O)C(=O)C1C(=O)C3C(=O)C(C(N)=O)C(=O)CC3CC1C2. The number of benzene rings is 1. The highest BCUT2D eigenvalue weighted by Crippen LogP contribution is 2.49. The highest BCUT2D eigenvalue weighted by molar-refractivity contribution is 6.27. The molecule has 8 nitrogen and oxygen atoms in total. The fourth-order valence-electron chi connectivity index (χ4n) is 5.32. The maximum atomic E-state index is 13.2. The summed E-state index contributed by atoms with van der Waals surface area (Å²) in [4.78, 5) is 64.7. The summed E-state index contributed by atoms with van der Waals surface area (Å²) in [5.41, 5.74) is 6.45. The van der Waals surface area contributed by atoms with Gasteiger partial charge in [-0.15, -0.1) is 0 Å². The number of carbonyl (C=O) groups is 5. The number of nitrogens with zero attached hydrogens (tertiary/aromatic N) is 1. The molecular weight excluding hydrogens is 376 g/mol. The van der Waals surface area contributed by atoms with Crippen molar-refractivity contribution in [1.29, 1.82) is 0 Å². The Morgan fingerprint density at radius 1 is 1.03 bits per heavy atom. The molecule has 4 rings (SSSR count). The molecule has 0 bridgehead atoms. The predicted molar refractivity (Wildman–Crippen MR) is 101 cm³/mol. The first kappa shape index (κ1) is 19.3. The highest BCUT2D eigenvalue weighted by atomic mass is 16.3. The van der Waals surface area contributed by atoms with Gasteiger partial charge in [-0.05, 0) is 36.3 Å². The van der Waals surface area contributed by atoms with Crippen LogP contribution < -0.4 is 10.6 Å². The van der Waals surface area contributed by atoms with E-state index < -0.39 is 52.7 Å². The molecule has 5 unspecified atom stereocenters. The number of aromatic hydroxyl groups is 1. The second kappa shape index (κ2) is 6.50. The van der Waals surface area contributed by atoms with Gasteiger partial charge >= 0.3 is 0 Å². The van der Waals surface area contributed by atoms with Gasteiger partial charge in [-0.25, -0.2) is 0 Å². The van der Waals surface area contributed by atoms with Gasteiger partial charge in [0.2, 0.25) is 5.91 Å². The minimum atomic E-state index is -1.61.